The SMILES string of the molecule is ON1C=CC2=C3N=NC=C3CNC2=C1. The first-order chi connectivity index (χ1) is 6.84. The zero-order valence-corrected chi connectivity index (χ0v) is 7.31. The smallest absolute Gasteiger partial charge is 0.102 e. The molecule has 0 aromatic heterocycles. The minimum atomic E-state index is 0.708. The Hall–Kier alpha value is -1.88. The maximum absolute atomic E-state index is 9.23. The predicted octanol–water partition coefficient (Wildman–Crippen LogP) is 1.25. The van der Waals surface area contributed by atoms with Crippen LogP contribution in [0.4, 0.5) is 0 Å². The molecule has 14 heavy (non-hydrogen) atoms. The molecule has 3 heterocycles. The molecule has 0 unspecified atom stereocenters. The van der Waals surface area contributed by atoms with Crippen LogP contribution in [0.1, 0.15) is 0 Å². The van der Waals surface area contributed by atoms with Gasteiger partial charge in [-0.05, 0) is 6.08 Å². The van der Waals surface area contributed by atoms with Crippen LogP contribution in [0.2, 0.25) is 0 Å². The average molecular weight is 188 g/mol. The average Bonchev–Trinajstić information content (AvgIpc) is 2.65. The minimum absolute atomic E-state index is 0.708. The van der Waals surface area contributed by atoms with Crippen LogP contribution in [0, 0.1) is 0 Å². The molecular weight excluding hydrogens is 180 g/mol. The molecule has 0 saturated carbocycles. The Bertz CT molecular complexity index is 442. The number of hydrogen-bond donors (Lipinski definition) is 2. The van der Waals surface area contributed by atoms with Crippen LogP contribution < -0.4 is 5.32 Å². The van der Waals surface area contributed by atoms with Crippen LogP contribution >= 0.6 is 0 Å². The number of nitrogens with zero attached hydrogens (tertiary/aromatic N) is 3. The zero-order valence-electron chi connectivity index (χ0n) is 7.31. The summed E-state index contributed by atoms with van der Waals surface area (Å²) < 4.78 is 0. The lowest BCUT2D eigenvalue weighted by Crippen LogP contribution is -2.27. The van der Waals surface area contributed by atoms with Crippen molar-refractivity contribution in [2.75, 3.05) is 6.54 Å². The molecule has 3 rings (SSSR count). The van der Waals surface area contributed by atoms with E-state index in [-0.39, 0.29) is 0 Å². The maximum atomic E-state index is 9.23. The molecule has 0 spiro atoms. The van der Waals surface area contributed by atoms with Gasteiger partial charge in [-0.15, -0.1) is 0 Å². The first kappa shape index (κ1) is 7.52. The molecule has 0 saturated heterocycles. The molecule has 0 amide bonds. The topological polar surface area (TPSA) is 60.2 Å². The van der Waals surface area contributed by atoms with E-state index in [9.17, 15) is 5.21 Å². The normalized spacial score (nSPS) is 22.8. The monoisotopic (exact) mass is 188 g/mol. The summed E-state index contributed by atoms with van der Waals surface area (Å²) in [6.45, 7) is 0.708. The van der Waals surface area contributed by atoms with Gasteiger partial charge in [0.05, 0.1) is 18.1 Å². The van der Waals surface area contributed by atoms with Crippen molar-refractivity contribution in [3.63, 3.8) is 0 Å². The molecule has 3 aliphatic rings. The number of fused-ring (bicyclic) bond motifs is 2. The van der Waals surface area contributed by atoms with E-state index >= 15 is 0 Å². The van der Waals surface area contributed by atoms with Crippen molar-refractivity contribution < 1.29 is 5.21 Å². The lowest BCUT2D eigenvalue weighted by Gasteiger charge is -2.24. The van der Waals surface area contributed by atoms with Crippen molar-refractivity contribution in [1.29, 1.82) is 0 Å². The molecule has 0 aromatic carbocycles. The van der Waals surface area contributed by atoms with Crippen molar-refractivity contribution in [3.05, 3.63) is 47.2 Å². The minimum Gasteiger partial charge on any atom is -0.379 e. The molecule has 5 heteroatoms. The van der Waals surface area contributed by atoms with Gasteiger partial charge in [-0.2, -0.15) is 10.2 Å². The molecule has 0 aromatic rings. The Labute approximate surface area is 80.4 Å². The Morgan fingerprint density at radius 2 is 2.43 bits per heavy atom. The summed E-state index contributed by atoms with van der Waals surface area (Å²) in [6.07, 6.45) is 6.76. The van der Waals surface area contributed by atoms with E-state index in [1.807, 2.05) is 6.08 Å². The second kappa shape index (κ2) is 2.55. The van der Waals surface area contributed by atoms with Gasteiger partial charge in [0.2, 0.25) is 0 Å². The summed E-state index contributed by atoms with van der Waals surface area (Å²) in [6, 6.07) is 0. The van der Waals surface area contributed by atoms with Gasteiger partial charge < -0.3 is 5.32 Å². The summed E-state index contributed by atoms with van der Waals surface area (Å²) in [5.41, 5.74) is 3.85. The van der Waals surface area contributed by atoms with Gasteiger partial charge >= 0.3 is 0 Å². The summed E-state index contributed by atoms with van der Waals surface area (Å²) in [7, 11) is 0. The second-order valence-electron chi connectivity index (χ2n) is 3.22. The molecule has 2 N–H and O–H groups in total. The molecule has 0 aliphatic carbocycles. The fourth-order valence-corrected chi connectivity index (χ4v) is 1.66. The van der Waals surface area contributed by atoms with Crippen LogP contribution in [0.15, 0.2) is 57.4 Å². The number of hydrogen-bond acceptors (Lipinski definition) is 5. The fourth-order valence-electron chi connectivity index (χ4n) is 1.66. The standard InChI is InChI=1S/C9H8N4O/c14-13-2-1-7-8(5-13)10-3-6-4-11-12-9(6)7/h1-2,4-5,10,14H,3H2. The number of azo groups is 1. The quantitative estimate of drug-likeness (QED) is 0.601. The van der Waals surface area contributed by atoms with Crippen LogP contribution in [0.3, 0.4) is 0 Å². The van der Waals surface area contributed by atoms with Gasteiger partial charge in [0, 0.05) is 23.9 Å². The van der Waals surface area contributed by atoms with Crippen molar-refractivity contribution in [2.24, 2.45) is 10.2 Å². The maximum Gasteiger partial charge on any atom is 0.102 e. The molecule has 0 fully saturated rings. The molecule has 0 radical (unpaired) electrons. The van der Waals surface area contributed by atoms with Crippen molar-refractivity contribution >= 4 is 0 Å². The number of hydroxylamine groups is 2. The Morgan fingerprint density at radius 3 is 3.36 bits per heavy atom. The Morgan fingerprint density at radius 1 is 1.50 bits per heavy atom. The third-order valence-corrected chi connectivity index (χ3v) is 2.35. The first-order valence-corrected chi connectivity index (χ1v) is 4.30. The van der Waals surface area contributed by atoms with E-state index in [0.717, 1.165) is 27.6 Å². The molecule has 3 aliphatic heterocycles. The van der Waals surface area contributed by atoms with Crippen molar-refractivity contribution in [2.45, 2.75) is 0 Å². The highest BCUT2D eigenvalue weighted by Gasteiger charge is 2.24. The third-order valence-electron chi connectivity index (χ3n) is 2.35. The van der Waals surface area contributed by atoms with E-state index < -0.39 is 0 Å². The van der Waals surface area contributed by atoms with Gasteiger partial charge in [0.15, 0.2) is 0 Å². The molecule has 70 valence electrons. The highest BCUT2D eigenvalue weighted by atomic mass is 16.5. The molecule has 5 nitrogen and oxygen atoms in total. The predicted molar refractivity (Wildman–Crippen MR) is 48.8 cm³/mol. The zero-order chi connectivity index (χ0) is 9.54. The van der Waals surface area contributed by atoms with Crippen molar-refractivity contribution in [3.8, 4) is 0 Å². The van der Waals surface area contributed by atoms with Gasteiger partial charge in [0.1, 0.15) is 5.70 Å². The summed E-state index contributed by atoms with van der Waals surface area (Å²) in [5.74, 6) is 0. The van der Waals surface area contributed by atoms with Crippen LogP contribution in [0.25, 0.3) is 0 Å². The highest BCUT2D eigenvalue weighted by molar-refractivity contribution is 5.55. The van der Waals surface area contributed by atoms with E-state index in [4.69, 9.17) is 0 Å². The molecule has 0 atom stereocenters. The lowest BCUT2D eigenvalue weighted by molar-refractivity contribution is 0.00904. The molecule has 0 bridgehead atoms. The third kappa shape index (κ3) is 0.928. The number of rotatable bonds is 0. The Kier molecular flexibility index (Phi) is 1.37. The van der Waals surface area contributed by atoms with E-state index in [2.05, 4.69) is 15.5 Å². The van der Waals surface area contributed by atoms with Gasteiger partial charge in [0.25, 0.3) is 0 Å². The summed E-state index contributed by atoms with van der Waals surface area (Å²) in [5, 5.41) is 21.3. The van der Waals surface area contributed by atoms with Crippen LogP contribution in [-0.2, 0) is 0 Å². The van der Waals surface area contributed by atoms with E-state index in [1.165, 1.54) is 0 Å². The number of allylic oxidation sites excluding steroid dienone is 1. The summed E-state index contributed by atoms with van der Waals surface area (Å²) in [4.78, 5) is 0. The van der Waals surface area contributed by atoms with Crippen LogP contribution in [0.5, 0.6) is 0 Å². The molecular formula is C9H8N4O. The second-order valence-corrected chi connectivity index (χ2v) is 3.22. The van der Waals surface area contributed by atoms with Gasteiger partial charge in [-0.25, -0.2) is 5.06 Å². The highest BCUT2D eigenvalue weighted by Crippen LogP contribution is 2.31. The Balaban J connectivity index is 2.16. The summed E-state index contributed by atoms with van der Waals surface area (Å²) >= 11 is 0. The first-order valence-electron chi connectivity index (χ1n) is 4.30. The van der Waals surface area contributed by atoms with E-state index in [1.54, 1.807) is 18.6 Å². The van der Waals surface area contributed by atoms with Gasteiger partial charge in [-0.3, -0.25) is 5.21 Å². The van der Waals surface area contributed by atoms with E-state index in [0.29, 0.717) is 6.54 Å². The van der Waals surface area contributed by atoms with Crippen molar-refractivity contribution in [1.82, 2.24) is 10.4 Å². The lowest BCUT2D eigenvalue weighted by atomic mass is 10.00. The number of nitrogens with one attached hydrogen (secondary N) is 1. The largest absolute Gasteiger partial charge is 0.379 e. The van der Waals surface area contributed by atoms with Gasteiger partial charge in [-0.1, -0.05) is 0 Å². The fraction of sp³-hybridized carbons (Fsp3) is 0.111. The van der Waals surface area contributed by atoms with Crippen LogP contribution in [-0.4, -0.2) is 16.8 Å².